The minimum atomic E-state index is -0.0251. The third-order valence-corrected chi connectivity index (χ3v) is 2.32. The van der Waals surface area contributed by atoms with Crippen LogP contribution in [-0.2, 0) is 9.59 Å². The molecular formula is C11H20N2O2. The molecular weight excluding hydrogens is 192 g/mol. The predicted molar refractivity (Wildman–Crippen MR) is 58.3 cm³/mol. The first-order valence-electron chi connectivity index (χ1n) is 5.33. The van der Waals surface area contributed by atoms with Gasteiger partial charge in [0.2, 0.25) is 11.8 Å². The molecule has 1 fully saturated rings. The van der Waals surface area contributed by atoms with Crippen LogP contribution in [0.3, 0.4) is 0 Å². The van der Waals surface area contributed by atoms with Crippen LogP contribution < -0.4 is 5.32 Å². The van der Waals surface area contributed by atoms with E-state index in [-0.39, 0.29) is 23.3 Å². The minimum absolute atomic E-state index is 0.0251. The van der Waals surface area contributed by atoms with Gasteiger partial charge in [-0.2, -0.15) is 0 Å². The number of nitrogens with zero attached hydrogens (tertiary/aromatic N) is 1. The molecule has 0 radical (unpaired) electrons. The average molecular weight is 212 g/mol. The molecule has 0 atom stereocenters. The van der Waals surface area contributed by atoms with Crippen LogP contribution in [0.5, 0.6) is 0 Å². The van der Waals surface area contributed by atoms with Crippen molar-refractivity contribution in [3.63, 3.8) is 0 Å². The molecule has 1 rings (SSSR count). The van der Waals surface area contributed by atoms with Gasteiger partial charge < -0.3 is 10.2 Å². The molecule has 0 aromatic heterocycles. The van der Waals surface area contributed by atoms with Gasteiger partial charge in [-0.25, -0.2) is 0 Å². The normalized spacial score (nSPS) is 17.2. The molecule has 1 aliphatic rings. The molecule has 1 saturated heterocycles. The predicted octanol–water partition coefficient (Wildman–Crippen LogP) is 0.769. The molecule has 1 aliphatic heterocycles. The van der Waals surface area contributed by atoms with Gasteiger partial charge in [0.15, 0.2) is 0 Å². The van der Waals surface area contributed by atoms with Crippen molar-refractivity contribution in [3.05, 3.63) is 0 Å². The summed E-state index contributed by atoms with van der Waals surface area (Å²) in [5, 5.41) is 2.79. The summed E-state index contributed by atoms with van der Waals surface area (Å²) >= 11 is 0. The zero-order chi connectivity index (χ0) is 11.6. The van der Waals surface area contributed by atoms with E-state index in [2.05, 4.69) is 26.1 Å². The Hall–Kier alpha value is -1.06. The summed E-state index contributed by atoms with van der Waals surface area (Å²) in [4.78, 5) is 24.2. The first-order valence-corrected chi connectivity index (χ1v) is 5.33. The molecule has 0 aromatic rings. The lowest BCUT2D eigenvalue weighted by atomic mass is 9.91. The highest BCUT2D eigenvalue weighted by molar-refractivity contribution is 5.78. The summed E-state index contributed by atoms with van der Waals surface area (Å²) in [5.41, 5.74) is 0.0379. The summed E-state index contributed by atoms with van der Waals surface area (Å²) in [5.74, 6) is 0.159. The van der Waals surface area contributed by atoms with E-state index in [0.29, 0.717) is 19.5 Å². The van der Waals surface area contributed by atoms with E-state index in [1.807, 2.05) is 0 Å². The molecule has 4 nitrogen and oxygen atoms in total. The van der Waals surface area contributed by atoms with Crippen molar-refractivity contribution in [2.24, 2.45) is 5.41 Å². The SMILES string of the molecule is CC(=O)NC1CN(C(=O)CC(C)(C)C)C1. The van der Waals surface area contributed by atoms with Crippen molar-refractivity contribution < 1.29 is 9.59 Å². The average Bonchev–Trinajstić information content (AvgIpc) is 1.91. The number of hydrogen-bond donors (Lipinski definition) is 1. The van der Waals surface area contributed by atoms with E-state index in [9.17, 15) is 9.59 Å². The highest BCUT2D eigenvalue weighted by Crippen LogP contribution is 2.21. The van der Waals surface area contributed by atoms with E-state index in [1.165, 1.54) is 6.92 Å². The van der Waals surface area contributed by atoms with Gasteiger partial charge in [-0.05, 0) is 5.41 Å². The molecule has 0 aliphatic carbocycles. The number of likely N-dealkylation sites (tertiary alicyclic amines) is 1. The Balaban J connectivity index is 2.27. The van der Waals surface area contributed by atoms with E-state index < -0.39 is 0 Å². The monoisotopic (exact) mass is 212 g/mol. The van der Waals surface area contributed by atoms with Crippen LogP contribution in [0, 0.1) is 5.41 Å². The van der Waals surface area contributed by atoms with Crippen molar-refractivity contribution in [2.45, 2.75) is 40.2 Å². The van der Waals surface area contributed by atoms with Crippen LogP contribution in [-0.4, -0.2) is 35.8 Å². The third-order valence-electron chi connectivity index (χ3n) is 2.32. The fourth-order valence-electron chi connectivity index (χ4n) is 1.63. The molecule has 0 aromatic carbocycles. The molecule has 0 saturated carbocycles. The Bertz CT molecular complexity index is 262. The molecule has 1 N–H and O–H groups in total. The second-order valence-electron chi connectivity index (χ2n) is 5.43. The fourth-order valence-corrected chi connectivity index (χ4v) is 1.63. The summed E-state index contributed by atoms with van der Waals surface area (Å²) in [6.07, 6.45) is 0.569. The van der Waals surface area contributed by atoms with Crippen LogP contribution in [0.1, 0.15) is 34.1 Å². The number of rotatable bonds is 2. The lowest BCUT2D eigenvalue weighted by molar-refractivity contribution is -0.139. The Morgan fingerprint density at radius 1 is 1.33 bits per heavy atom. The standard InChI is InChI=1S/C11H20N2O2/c1-8(14)12-9-6-13(7-9)10(15)5-11(2,3)4/h9H,5-7H2,1-4H3,(H,12,14). The number of amides is 2. The van der Waals surface area contributed by atoms with Gasteiger partial charge in [0, 0.05) is 26.4 Å². The molecule has 15 heavy (non-hydrogen) atoms. The van der Waals surface area contributed by atoms with Crippen molar-refractivity contribution in [1.29, 1.82) is 0 Å². The molecule has 86 valence electrons. The van der Waals surface area contributed by atoms with E-state index >= 15 is 0 Å². The van der Waals surface area contributed by atoms with Crippen molar-refractivity contribution in [1.82, 2.24) is 10.2 Å². The topological polar surface area (TPSA) is 49.4 Å². The number of carbonyl (C=O) groups is 2. The molecule has 0 spiro atoms. The fraction of sp³-hybridized carbons (Fsp3) is 0.818. The number of carbonyl (C=O) groups excluding carboxylic acids is 2. The molecule has 0 bridgehead atoms. The van der Waals surface area contributed by atoms with Gasteiger partial charge in [-0.15, -0.1) is 0 Å². The van der Waals surface area contributed by atoms with E-state index in [1.54, 1.807) is 4.90 Å². The molecule has 0 unspecified atom stereocenters. The summed E-state index contributed by atoms with van der Waals surface area (Å²) in [6.45, 7) is 8.98. The van der Waals surface area contributed by atoms with Gasteiger partial charge in [-0.3, -0.25) is 9.59 Å². The maximum absolute atomic E-state index is 11.7. The molecule has 2 amide bonds. The number of hydrogen-bond acceptors (Lipinski definition) is 2. The lowest BCUT2D eigenvalue weighted by Gasteiger charge is -2.40. The third kappa shape index (κ3) is 3.90. The smallest absolute Gasteiger partial charge is 0.223 e. The van der Waals surface area contributed by atoms with E-state index in [0.717, 1.165) is 0 Å². The van der Waals surface area contributed by atoms with Crippen LogP contribution in [0.2, 0.25) is 0 Å². The maximum Gasteiger partial charge on any atom is 0.223 e. The first-order chi connectivity index (χ1) is 6.78. The van der Waals surface area contributed by atoms with E-state index in [4.69, 9.17) is 0 Å². The quantitative estimate of drug-likeness (QED) is 0.735. The van der Waals surface area contributed by atoms with Crippen LogP contribution >= 0.6 is 0 Å². The Morgan fingerprint density at radius 3 is 2.27 bits per heavy atom. The van der Waals surface area contributed by atoms with Crippen LogP contribution in [0.25, 0.3) is 0 Å². The zero-order valence-corrected chi connectivity index (χ0v) is 9.96. The van der Waals surface area contributed by atoms with Gasteiger partial charge in [-0.1, -0.05) is 20.8 Å². The Kier molecular flexibility index (Phi) is 3.37. The van der Waals surface area contributed by atoms with Crippen molar-refractivity contribution in [3.8, 4) is 0 Å². The summed E-state index contributed by atoms with van der Waals surface area (Å²) < 4.78 is 0. The summed E-state index contributed by atoms with van der Waals surface area (Å²) in [6, 6.07) is 0.159. The van der Waals surface area contributed by atoms with Crippen molar-refractivity contribution in [2.75, 3.05) is 13.1 Å². The van der Waals surface area contributed by atoms with Gasteiger partial charge in [0.1, 0.15) is 0 Å². The highest BCUT2D eigenvalue weighted by atomic mass is 16.2. The molecule has 4 heteroatoms. The summed E-state index contributed by atoms with van der Waals surface area (Å²) in [7, 11) is 0. The second kappa shape index (κ2) is 4.21. The number of nitrogens with one attached hydrogen (secondary N) is 1. The Labute approximate surface area is 91.0 Å². The first kappa shape index (κ1) is 12.0. The second-order valence-corrected chi connectivity index (χ2v) is 5.43. The lowest BCUT2D eigenvalue weighted by Crippen LogP contribution is -2.61. The van der Waals surface area contributed by atoms with Gasteiger partial charge in [0.05, 0.1) is 6.04 Å². The van der Waals surface area contributed by atoms with Crippen LogP contribution in [0.4, 0.5) is 0 Å². The maximum atomic E-state index is 11.7. The van der Waals surface area contributed by atoms with Gasteiger partial charge in [0.25, 0.3) is 0 Å². The molecule has 1 heterocycles. The van der Waals surface area contributed by atoms with Gasteiger partial charge >= 0.3 is 0 Å². The van der Waals surface area contributed by atoms with Crippen LogP contribution in [0.15, 0.2) is 0 Å². The minimum Gasteiger partial charge on any atom is -0.350 e. The highest BCUT2D eigenvalue weighted by Gasteiger charge is 2.32. The largest absolute Gasteiger partial charge is 0.350 e. The van der Waals surface area contributed by atoms with Crippen molar-refractivity contribution >= 4 is 11.8 Å². The zero-order valence-electron chi connectivity index (χ0n) is 9.96. The Morgan fingerprint density at radius 2 is 1.87 bits per heavy atom.